The van der Waals surface area contributed by atoms with Crippen LogP contribution in [0.4, 0.5) is 18.9 Å². The maximum atomic E-state index is 13.7. The first kappa shape index (κ1) is 31.2. The number of alkyl halides is 3. The lowest BCUT2D eigenvalue weighted by atomic mass is 9.86. The van der Waals surface area contributed by atoms with E-state index in [2.05, 4.69) is 23.3 Å². The molecule has 2 aromatic carbocycles. The van der Waals surface area contributed by atoms with Crippen LogP contribution < -0.4 is 10.6 Å². The molecule has 0 atom stereocenters. The summed E-state index contributed by atoms with van der Waals surface area (Å²) in [7, 11) is -0.791. The van der Waals surface area contributed by atoms with E-state index in [0.717, 1.165) is 40.7 Å². The average molecular weight is 595 g/mol. The van der Waals surface area contributed by atoms with Gasteiger partial charge in [0, 0.05) is 57.4 Å². The first-order chi connectivity index (χ1) is 19.9. The van der Waals surface area contributed by atoms with E-state index >= 15 is 0 Å². The van der Waals surface area contributed by atoms with Crippen molar-refractivity contribution in [3.63, 3.8) is 0 Å². The van der Waals surface area contributed by atoms with E-state index in [1.807, 2.05) is 69.3 Å². The summed E-state index contributed by atoms with van der Waals surface area (Å²) in [6.07, 6.45) is 2.63. The molecule has 1 aliphatic heterocycles. The molecule has 0 saturated carbocycles. The number of aromatic nitrogens is 1. The second kappa shape index (κ2) is 13.0. The third-order valence-corrected chi connectivity index (χ3v) is 9.16. The van der Waals surface area contributed by atoms with E-state index < -0.39 is 28.9 Å². The highest BCUT2D eigenvalue weighted by molar-refractivity contribution is 7.85. The molecule has 2 heterocycles. The molecule has 0 aliphatic carbocycles. The van der Waals surface area contributed by atoms with Gasteiger partial charge in [-0.15, -0.1) is 0 Å². The van der Waals surface area contributed by atoms with Gasteiger partial charge in [-0.3, -0.25) is 4.21 Å². The first-order valence-electron chi connectivity index (χ1n) is 14.0. The minimum Gasteiger partial charge on any atom is -0.382 e. The van der Waals surface area contributed by atoms with E-state index in [4.69, 9.17) is 0 Å². The molecule has 1 fully saturated rings. The summed E-state index contributed by atoms with van der Waals surface area (Å²) in [5, 5.41) is 16.9. The molecular formula is C33H37F3N4OS. The van der Waals surface area contributed by atoms with Crippen molar-refractivity contribution in [2.45, 2.75) is 58.9 Å². The zero-order valence-corrected chi connectivity index (χ0v) is 25.0. The lowest BCUT2D eigenvalue weighted by Crippen LogP contribution is -2.29. The molecule has 42 heavy (non-hydrogen) atoms. The van der Waals surface area contributed by atoms with E-state index in [9.17, 15) is 22.6 Å². The van der Waals surface area contributed by atoms with Crippen molar-refractivity contribution in [1.29, 1.82) is 5.26 Å². The summed E-state index contributed by atoms with van der Waals surface area (Å²) in [5.41, 5.74) is 4.60. The van der Waals surface area contributed by atoms with Gasteiger partial charge in [0.05, 0.1) is 17.0 Å². The normalized spacial score (nSPS) is 18.5. The van der Waals surface area contributed by atoms with Gasteiger partial charge in [0.1, 0.15) is 6.54 Å². The molecule has 0 spiro atoms. The van der Waals surface area contributed by atoms with E-state index in [1.165, 1.54) is 4.57 Å². The number of benzene rings is 2. The highest BCUT2D eigenvalue weighted by atomic mass is 32.2. The number of nitrogens with zero attached hydrogens (tertiary/aromatic N) is 2. The monoisotopic (exact) mass is 594 g/mol. The van der Waals surface area contributed by atoms with Crippen molar-refractivity contribution in [1.82, 2.24) is 9.88 Å². The van der Waals surface area contributed by atoms with Crippen molar-refractivity contribution in [2.24, 2.45) is 5.41 Å². The molecule has 0 bridgehead atoms. The quantitative estimate of drug-likeness (QED) is 0.235. The van der Waals surface area contributed by atoms with Crippen LogP contribution in [0.15, 0.2) is 84.6 Å². The standard InChI is InChI=1S/C33H37F3N4OS/c1-5-26(14-9-23(2)32(3,4)21-37)38-20-24-10-12-25(13-11-24)31-19-28-29(39-27-15-17-42(41)18-16-27)7-6-8-30(28)40(31)22-33(34,35)36/h5-14,19,27,38-39H,1,15-18,20,22H2,2-4H3/b23-9+,26-14+. The van der Waals surface area contributed by atoms with Crippen LogP contribution in [0.3, 0.4) is 0 Å². The van der Waals surface area contributed by atoms with Gasteiger partial charge in [0.2, 0.25) is 0 Å². The smallest absolute Gasteiger partial charge is 0.382 e. The number of hydrogen-bond donors (Lipinski definition) is 2. The molecule has 1 aliphatic rings. The lowest BCUT2D eigenvalue weighted by molar-refractivity contribution is -0.139. The van der Waals surface area contributed by atoms with Gasteiger partial charge < -0.3 is 15.2 Å². The number of fused-ring (bicyclic) bond motifs is 1. The maximum absolute atomic E-state index is 13.7. The molecule has 5 nitrogen and oxygen atoms in total. The Bertz CT molecular complexity index is 1550. The minimum atomic E-state index is -4.38. The largest absolute Gasteiger partial charge is 0.406 e. The van der Waals surface area contributed by atoms with Crippen LogP contribution >= 0.6 is 0 Å². The van der Waals surface area contributed by atoms with Gasteiger partial charge in [-0.2, -0.15) is 18.4 Å². The summed E-state index contributed by atoms with van der Waals surface area (Å²) >= 11 is 0. The average Bonchev–Trinajstić information content (AvgIpc) is 3.32. The fraction of sp³-hybridized carbons (Fsp3) is 0.364. The Balaban J connectivity index is 1.58. The van der Waals surface area contributed by atoms with E-state index in [0.29, 0.717) is 34.8 Å². The number of nitrogens with one attached hydrogen (secondary N) is 2. The Hall–Kier alpha value is -3.77. The van der Waals surface area contributed by atoms with Gasteiger partial charge in [-0.25, -0.2) is 0 Å². The summed E-state index contributed by atoms with van der Waals surface area (Å²) in [5.74, 6) is 1.27. The molecule has 1 saturated heterocycles. The summed E-state index contributed by atoms with van der Waals surface area (Å²) in [6, 6.07) is 17.1. The maximum Gasteiger partial charge on any atom is 0.406 e. The van der Waals surface area contributed by atoms with Crippen molar-refractivity contribution >= 4 is 27.4 Å². The van der Waals surface area contributed by atoms with Crippen LogP contribution in [0.1, 0.15) is 39.2 Å². The molecule has 4 rings (SSSR count). The van der Waals surface area contributed by atoms with Crippen molar-refractivity contribution in [3.05, 3.63) is 90.2 Å². The van der Waals surface area contributed by atoms with E-state index in [-0.39, 0.29) is 6.04 Å². The summed E-state index contributed by atoms with van der Waals surface area (Å²) < 4.78 is 54.3. The zero-order valence-electron chi connectivity index (χ0n) is 24.2. The molecular weight excluding hydrogens is 557 g/mol. The number of anilines is 1. The molecule has 222 valence electrons. The molecule has 2 N–H and O–H groups in total. The van der Waals surface area contributed by atoms with Gasteiger partial charge in [-0.05, 0) is 75.1 Å². The number of halogens is 3. The topological polar surface area (TPSA) is 69.8 Å². The number of nitriles is 1. The first-order valence-corrected chi connectivity index (χ1v) is 15.5. The van der Waals surface area contributed by atoms with Gasteiger partial charge in [-0.1, -0.05) is 48.6 Å². The molecule has 3 aromatic rings. The molecule has 0 amide bonds. The fourth-order valence-corrected chi connectivity index (χ4v) is 6.16. The van der Waals surface area contributed by atoms with Crippen molar-refractivity contribution in [2.75, 3.05) is 16.8 Å². The highest BCUT2D eigenvalue weighted by Gasteiger charge is 2.30. The van der Waals surface area contributed by atoms with Gasteiger partial charge in [0.25, 0.3) is 0 Å². The predicted octanol–water partition coefficient (Wildman–Crippen LogP) is 7.85. The molecule has 1 aromatic heterocycles. The second-order valence-electron chi connectivity index (χ2n) is 11.2. The van der Waals surface area contributed by atoms with Gasteiger partial charge in [0.15, 0.2) is 0 Å². The predicted molar refractivity (Wildman–Crippen MR) is 166 cm³/mol. The molecule has 9 heteroatoms. The number of allylic oxidation sites excluding steroid dienone is 4. The van der Waals surface area contributed by atoms with Crippen LogP contribution in [0.2, 0.25) is 0 Å². The molecule has 0 unspecified atom stereocenters. The Morgan fingerprint density at radius 2 is 1.83 bits per heavy atom. The Labute approximate surface area is 248 Å². The second-order valence-corrected chi connectivity index (χ2v) is 12.9. The Kier molecular flexibility index (Phi) is 9.67. The zero-order chi connectivity index (χ0) is 30.5. The van der Waals surface area contributed by atoms with Crippen molar-refractivity contribution < 1.29 is 17.4 Å². The third kappa shape index (κ3) is 7.74. The minimum absolute atomic E-state index is 0.140. The van der Waals surface area contributed by atoms with Gasteiger partial charge >= 0.3 is 6.18 Å². The summed E-state index contributed by atoms with van der Waals surface area (Å²) in [4.78, 5) is 0. The van der Waals surface area contributed by atoms with Crippen LogP contribution in [0.25, 0.3) is 22.2 Å². The lowest BCUT2D eigenvalue weighted by Gasteiger charge is -2.24. The number of rotatable bonds is 10. The Morgan fingerprint density at radius 3 is 2.45 bits per heavy atom. The Morgan fingerprint density at radius 1 is 1.14 bits per heavy atom. The van der Waals surface area contributed by atoms with Crippen LogP contribution in [-0.2, 0) is 23.9 Å². The van der Waals surface area contributed by atoms with E-state index in [1.54, 1.807) is 18.2 Å². The van der Waals surface area contributed by atoms with Crippen molar-refractivity contribution in [3.8, 4) is 17.3 Å². The van der Waals surface area contributed by atoms with Crippen LogP contribution in [0, 0.1) is 16.7 Å². The molecule has 0 radical (unpaired) electrons. The summed E-state index contributed by atoms with van der Waals surface area (Å²) in [6.45, 7) is 8.90. The number of hydrogen-bond acceptors (Lipinski definition) is 4. The fourth-order valence-electron chi connectivity index (χ4n) is 4.87. The van der Waals surface area contributed by atoms with Crippen LogP contribution in [-0.4, -0.2) is 32.5 Å². The third-order valence-electron chi connectivity index (χ3n) is 7.78. The highest BCUT2D eigenvalue weighted by Crippen LogP contribution is 2.36. The SMILES string of the molecule is C=C/C(=C\C=C(/C)C(C)(C)C#N)NCc1ccc(-c2cc3c(NC4CCS(=O)CC4)cccc3n2CC(F)(F)F)cc1. The van der Waals surface area contributed by atoms with Crippen LogP contribution in [0.5, 0.6) is 0 Å².